The number of halogens is 4. The summed E-state index contributed by atoms with van der Waals surface area (Å²) in [4.78, 5) is 44.2. The zero-order valence-electron chi connectivity index (χ0n) is 24.8. The second-order valence-electron chi connectivity index (χ2n) is 11.9. The molecular weight excluding hydrogens is 618 g/mol. The molecule has 0 spiro atoms. The Bertz CT molecular complexity index is 1580. The summed E-state index contributed by atoms with van der Waals surface area (Å²) in [5, 5.41) is 12.2. The Morgan fingerprint density at radius 3 is 2.42 bits per heavy atom. The van der Waals surface area contributed by atoms with Gasteiger partial charge in [0.2, 0.25) is 0 Å². The highest BCUT2D eigenvalue weighted by Gasteiger charge is 2.40. The number of hydrogen-bond donors (Lipinski definition) is 3. The van der Waals surface area contributed by atoms with E-state index in [1.54, 1.807) is 31.5 Å². The number of benzene rings is 1. The summed E-state index contributed by atoms with van der Waals surface area (Å²) in [6, 6.07) is 5.36. The lowest BCUT2D eigenvalue weighted by Gasteiger charge is -2.25. The number of aromatic nitrogens is 3. The van der Waals surface area contributed by atoms with Crippen molar-refractivity contribution in [2.75, 3.05) is 28.6 Å². The maximum atomic E-state index is 14.6. The number of ether oxygens (including phenoxy) is 1. The van der Waals surface area contributed by atoms with Crippen LogP contribution in [-0.2, 0) is 9.53 Å². The highest BCUT2D eigenvalue weighted by atomic mass is 32.1. The predicted molar refractivity (Wildman–Crippen MR) is 160 cm³/mol. The van der Waals surface area contributed by atoms with Gasteiger partial charge in [-0.25, -0.2) is 18.9 Å². The van der Waals surface area contributed by atoms with Crippen molar-refractivity contribution in [3.05, 3.63) is 42.0 Å². The van der Waals surface area contributed by atoms with E-state index in [1.165, 1.54) is 24.4 Å². The lowest BCUT2D eigenvalue weighted by molar-refractivity contribution is -0.174. The highest BCUT2D eigenvalue weighted by molar-refractivity contribution is 7.19. The molecule has 2 fully saturated rings. The van der Waals surface area contributed by atoms with E-state index in [0.717, 1.165) is 24.2 Å². The number of carbonyl (C=O) groups is 3. The summed E-state index contributed by atoms with van der Waals surface area (Å²) in [5.41, 5.74) is -0.499. The van der Waals surface area contributed by atoms with Crippen LogP contribution in [0.3, 0.4) is 0 Å². The van der Waals surface area contributed by atoms with E-state index in [9.17, 15) is 31.9 Å². The molecular formula is C29H33F4N7O4S. The third-order valence-electron chi connectivity index (χ3n) is 7.09. The van der Waals surface area contributed by atoms with E-state index >= 15 is 0 Å². The van der Waals surface area contributed by atoms with Gasteiger partial charge in [-0.2, -0.15) is 18.3 Å². The quantitative estimate of drug-likeness (QED) is 0.263. The molecule has 1 atom stereocenters. The fourth-order valence-electron chi connectivity index (χ4n) is 4.95. The first-order valence-corrected chi connectivity index (χ1v) is 15.3. The number of nitrogens with one attached hydrogen (secondary N) is 3. The molecule has 2 aromatic heterocycles. The molecule has 0 radical (unpaired) electrons. The van der Waals surface area contributed by atoms with Crippen LogP contribution >= 0.6 is 11.3 Å². The zero-order chi connectivity index (χ0) is 32.5. The van der Waals surface area contributed by atoms with Gasteiger partial charge < -0.3 is 20.3 Å². The van der Waals surface area contributed by atoms with E-state index in [4.69, 9.17) is 4.74 Å². The van der Waals surface area contributed by atoms with Crippen molar-refractivity contribution >= 4 is 45.8 Å². The van der Waals surface area contributed by atoms with Crippen LogP contribution in [0.4, 0.5) is 38.9 Å². The molecule has 1 saturated carbocycles. The summed E-state index contributed by atoms with van der Waals surface area (Å²) >= 11 is 0.912. The van der Waals surface area contributed by atoms with Crippen LogP contribution in [0.1, 0.15) is 69.4 Å². The van der Waals surface area contributed by atoms with Crippen LogP contribution in [-0.4, -0.2) is 63.6 Å². The van der Waals surface area contributed by atoms with Gasteiger partial charge in [0.25, 0.3) is 5.91 Å². The second kappa shape index (κ2) is 12.7. The van der Waals surface area contributed by atoms with Crippen molar-refractivity contribution < 1.29 is 36.7 Å². The van der Waals surface area contributed by atoms with Crippen molar-refractivity contribution in [3.8, 4) is 10.6 Å². The minimum Gasteiger partial charge on any atom is -0.444 e. The first-order valence-electron chi connectivity index (χ1n) is 14.5. The SMILES string of the molecule is CC(C)(C)OC(=O)Nc1sc(-c2ccccc2F)nc1C(=O)Nc1cnn(C2CC2)c1N1CCCC(NC(=O)C(F)(F)F)CC1. The average Bonchev–Trinajstić information content (AvgIpc) is 3.64. The van der Waals surface area contributed by atoms with Gasteiger partial charge in [0.15, 0.2) is 11.5 Å². The third-order valence-corrected chi connectivity index (χ3v) is 8.10. The number of anilines is 3. The fraction of sp³-hybridized carbons (Fsp3) is 0.483. The molecule has 16 heteroatoms. The van der Waals surface area contributed by atoms with Crippen LogP contribution in [0.15, 0.2) is 30.5 Å². The van der Waals surface area contributed by atoms with E-state index in [0.29, 0.717) is 37.4 Å². The largest absolute Gasteiger partial charge is 0.471 e. The van der Waals surface area contributed by atoms with Gasteiger partial charge in [0, 0.05) is 24.7 Å². The summed E-state index contributed by atoms with van der Waals surface area (Å²) < 4.78 is 60.3. The minimum absolute atomic E-state index is 0.0501. The van der Waals surface area contributed by atoms with E-state index in [-0.39, 0.29) is 33.7 Å². The topological polar surface area (TPSA) is 130 Å². The van der Waals surface area contributed by atoms with Crippen LogP contribution in [0.2, 0.25) is 0 Å². The molecule has 1 unspecified atom stereocenters. The molecule has 3 aromatic rings. The Morgan fingerprint density at radius 1 is 1.02 bits per heavy atom. The molecule has 3 N–H and O–H groups in total. The summed E-state index contributed by atoms with van der Waals surface area (Å²) in [7, 11) is 0. The molecule has 5 rings (SSSR count). The Hall–Kier alpha value is -4.21. The van der Waals surface area contributed by atoms with Crippen LogP contribution < -0.4 is 20.9 Å². The number of carbonyl (C=O) groups excluding carboxylic acids is 3. The van der Waals surface area contributed by atoms with Crippen molar-refractivity contribution in [3.63, 3.8) is 0 Å². The lowest BCUT2D eigenvalue weighted by Crippen LogP contribution is -2.43. The number of thiazole rings is 1. The highest BCUT2D eigenvalue weighted by Crippen LogP contribution is 2.41. The Labute approximate surface area is 260 Å². The van der Waals surface area contributed by atoms with E-state index in [2.05, 4.69) is 26.0 Å². The molecule has 1 aliphatic carbocycles. The first kappa shape index (κ1) is 32.2. The number of alkyl halides is 3. The predicted octanol–water partition coefficient (Wildman–Crippen LogP) is 6.12. The monoisotopic (exact) mass is 651 g/mol. The van der Waals surface area contributed by atoms with Gasteiger partial charge in [-0.15, -0.1) is 0 Å². The van der Waals surface area contributed by atoms with Crippen molar-refractivity contribution in [1.82, 2.24) is 20.1 Å². The van der Waals surface area contributed by atoms with Gasteiger partial charge >= 0.3 is 18.2 Å². The van der Waals surface area contributed by atoms with E-state index in [1.807, 2.05) is 4.90 Å². The average molecular weight is 652 g/mol. The van der Waals surface area contributed by atoms with Gasteiger partial charge in [0.1, 0.15) is 27.1 Å². The first-order chi connectivity index (χ1) is 21.2. The van der Waals surface area contributed by atoms with Crippen molar-refractivity contribution in [1.29, 1.82) is 0 Å². The number of amides is 3. The number of rotatable bonds is 7. The van der Waals surface area contributed by atoms with Crippen molar-refractivity contribution in [2.24, 2.45) is 0 Å². The minimum atomic E-state index is -4.97. The maximum Gasteiger partial charge on any atom is 0.471 e. The number of nitrogens with zero attached hydrogens (tertiary/aromatic N) is 4. The van der Waals surface area contributed by atoms with Gasteiger partial charge in [0.05, 0.1) is 12.2 Å². The van der Waals surface area contributed by atoms with Gasteiger partial charge in [-0.1, -0.05) is 23.5 Å². The Morgan fingerprint density at radius 2 is 1.76 bits per heavy atom. The van der Waals surface area contributed by atoms with Crippen LogP contribution in [0.5, 0.6) is 0 Å². The molecule has 3 heterocycles. The molecule has 1 saturated heterocycles. The summed E-state index contributed by atoms with van der Waals surface area (Å²) in [6.45, 7) is 5.83. The molecule has 1 aromatic carbocycles. The maximum absolute atomic E-state index is 14.6. The van der Waals surface area contributed by atoms with Gasteiger partial charge in [-0.3, -0.25) is 14.9 Å². The zero-order valence-corrected chi connectivity index (χ0v) is 25.6. The van der Waals surface area contributed by atoms with Crippen molar-refractivity contribution in [2.45, 2.75) is 76.7 Å². The van der Waals surface area contributed by atoms with Crippen LogP contribution in [0.25, 0.3) is 10.6 Å². The van der Waals surface area contributed by atoms with Gasteiger partial charge in [-0.05, 0) is 65.0 Å². The Kier molecular flexibility index (Phi) is 9.05. The fourth-order valence-corrected chi connectivity index (χ4v) is 5.93. The van der Waals surface area contributed by atoms with Crippen LogP contribution in [0, 0.1) is 5.82 Å². The standard InChI is InChI=1S/C29H33F4N7O4S/c1-28(2,3)44-27(43)38-24-21(37-23(45-24)18-8-4-5-9-19(18)30)22(41)36-20-15-34-40(17-10-11-17)25(20)39-13-6-7-16(12-14-39)35-26(42)29(31,32)33/h4-5,8-9,15-17H,6-7,10-14H2,1-3H3,(H,35,42)(H,36,41)(H,38,43). The normalized spacial score (nSPS) is 17.4. The molecule has 242 valence electrons. The lowest BCUT2D eigenvalue weighted by atomic mass is 10.1. The molecule has 1 aliphatic heterocycles. The summed E-state index contributed by atoms with van der Waals surface area (Å²) in [5.74, 6) is -2.63. The molecule has 3 amide bonds. The molecule has 2 aliphatic rings. The Balaban J connectivity index is 1.41. The summed E-state index contributed by atoms with van der Waals surface area (Å²) in [6.07, 6.45) is -1.43. The molecule has 0 bridgehead atoms. The smallest absolute Gasteiger partial charge is 0.444 e. The third kappa shape index (κ3) is 7.90. The molecule has 11 nitrogen and oxygen atoms in total. The molecule has 45 heavy (non-hydrogen) atoms. The van der Waals surface area contributed by atoms with E-state index < -0.39 is 41.5 Å². The second-order valence-corrected chi connectivity index (χ2v) is 12.9. The number of hydrogen-bond acceptors (Lipinski definition) is 8.